The number of imidazole rings is 1. The predicted molar refractivity (Wildman–Crippen MR) is 101 cm³/mol. The number of halogens is 2. The van der Waals surface area contributed by atoms with Crippen LogP contribution in [0.4, 0.5) is 8.78 Å². The van der Waals surface area contributed by atoms with Crippen molar-refractivity contribution in [3.63, 3.8) is 0 Å². The molecular weight excluding hydrogens is 380 g/mol. The van der Waals surface area contributed by atoms with E-state index in [9.17, 15) is 18.4 Å². The molecule has 154 valence electrons. The number of aromatic nitrogens is 2. The van der Waals surface area contributed by atoms with Gasteiger partial charge in [0, 0.05) is 37.3 Å². The van der Waals surface area contributed by atoms with E-state index in [0.717, 1.165) is 49.3 Å². The summed E-state index contributed by atoms with van der Waals surface area (Å²) < 4.78 is 26.4. The fraction of sp³-hybridized carbons (Fsp3) is 0.450. The first-order valence-electron chi connectivity index (χ1n) is 9.72. The minimum atomic E-state index is -1.10. The largest absolute Gasteiger partial charge is 0.348 e. The molecule has 29 heavy (non-hydrogen) atoms. The molecule has 1 atom stereocenters. The van der Waals surface area contributed by atoms with Gasteiger partial charge in [-0.1, -0.05) is 0 Å². The maximum atomic E-state index is 13.3. The van der Waals surface area contributed by atoms with Crippen LogP contribution in [0.1, 0.15) is 41.5 Å². The summed E-state index contributed by atoms with van der Waals surface area (Å²) in [6, 6.07) is 2.13. The summed E-state index contributed by atoms with van der Waals surface area (Å²) in [6.45, 7) is 3.55. The number of fused-ring (bicyclic) bond motifs is 2. The summed E-state index contributed by atoms with van der Waals surface area (Å²) >= 11 is 0. The molecule has 1 aromatic carbocycles. The Morgan fingerprint density at radius 2 is 2.00 bits per heavy atom. The Balaban J connectivity index is 1.37. The second-order valence-electron chi connectivity index (χ2n) is 7.64. The Morgan fingerprint density at radius 3 is 2.72 bits per heavy atom. The molecule has 1 fully saturated rings. The van der Waals surface area contributed by atoms with E-state index in [1.165, 1.54) is 6.07 Å². The van der Waals surface area contributed by atoms with E-state index in [0.29, 0.717) is 13.1 Å². The first kappa shape index (κ1) is 19.5. The summed E-state index contributed by atoms with van der Waals surface area (Å²) in [7, 11) is 0. The number of amides is 2. The van der Waals surface area contributed by atoms with Crippen molar-refractivity contribution >= 4 is 11.8 Å². The molecule has 3 N–H and O–H groups in total. The molecule has 0 saturated carbocycles. The summed E-state index contributed by atoms with van der Waals surface area (Å²) in [4.78, 5) is 34.5. The first-order valence-corrected chi connectivity index (χ1v) is 9.72. The van der Waals surface area contributed by atoms with Crippen LogP contribution in [-0.2, 0) is 16.8 Å². The van der Waals surface area contributed by atoms with Gasteiger partial charge in [-0.3, -0.25) is 9.59 Å². The Kier molecular flexibility index (Phi) is 5.08. The zero-order valence-electron chi connectivity index (χ0n) is 16.1. The van der Waals surface area contributed by atoms with Crippen molar-refractivity contribution in [2.24, 2.45) is 0 Å². The van der Waals surface area contributed by atoms with Gasteiger partial charge < -0.3 is 20.5 Å². The molecule has 1 saturated heterocycles. The smallest absolute Gasteiger partial charge is 0.252 e. The normalized spacial score (nSPS) is 18.9. The highest BCUT2D eigenvalue weighted by atomic mass is 19.2. The Labute approximate surface area is 166 Å². The van der Waals surface area contributed by atoms with E-state index in [-0.39, 0.29) is 17.0 Å². The number of carbonyl (C=O) groups excluding carboxylic acids is 2. The summed E-state index contributed by atoms with van der Waals surface area (Å²) in [5.74, 6) is -2.94. The second kappa shape index (κ2) is 7.55. The van der Waals surface area contributed by atoms with Crippen LogP contribution in [0.15, 0.2) is 24.5 Å². The fourth-order valence-electron chi connectivity index (χ4n) is 4.21. The van der Waals surface area contributed by atoms with Gasteiger partial charge in [0.05, 0.1) is 17.6 Å². The van der Waals surface area contributed by atoms with E-state index in [1.807, 2.05) is 0 Å². The number of H-pyrrole nitrogens is 1. The molecule has 4 rings (SSSR count). The number of aromatic amines is 1. The van der Waals surface area contributed by atoms with Crippen LogP contribution in [0.5, 0.6) is 0 Å². The number of nitrogens with zero attached hydrogens (tertiary/aromatic N) is 2. The van der Waals surface area contributed by atoms with Crippen molar-refractivity contribution in [3.05, 3.63) is 53.1 Å². The van der Waals surface area contributed by atoms with Gasteiger partial charge in [0.15, 0.2) is 11.6 Å². The van der Waals surface area contributed by atoms with Crippen LogP contribution < -0.4 is 10.6 Å². The van der Waals surface area contributed by atoms with Gasteiger partial charge >= 0.3 is 0 Å². The number of nitrogens with one attached hydrogen (secondary N) is 3. The molecule has 2 aliphatic heterocycles. The molecule has 9 heteroatoms. The molecule has 0 radical (unpaired) electrons. The third kappa shape index (κ3) is 3.62. The highest BCUT2D eigenvalue weighted by molar-refractivity contribution is 5.97. The minimum absolute atomic E-state index is 0.0291. The maximum Gasteiger partial charge on any atom is 0.252 e. The molecule has 0 aliphatic carbocycles. The third-order valence-corrected chi connectivity index (χ3v) is 5.84. The van der Waals surface area contributed by atoms with Gasteiger partial charge in [-0.05, 0) is 38.0 Å². The first-order chi connectivity index (χ1) is 13.9. The average Bonchev–Trinajstić information content (AvgIpc) is 3.20. The lowest BCUT2D eigenvalue weighted by Crippen LogP contribution is -2.57. The molecule has 2 aliphatic rings. The Hall–Kier alpha value is -2.81. The van der Waals surface area contributed by atoms with Crippen LogP contribution >= 0.6 is 0 Å². The molecule has 3 heterocycles. The standard InChI is InChI=1S/C20H23F2N5O2/c1-12(26-18(28)13-2-3-14(21)15(22)10-13)19(29)27-8-5-20(6-9-27)17-16(4-7-25-20)23-11-24-17/h2-3,10-12,25H,4-9H2,1H3,(H,23,24)(H,26,28)/t12-/m0/s1. The third-order valence-electron chi connectivity index (χ3n) is 5.84. The molecule has 0 unspecified atom stereocenters. The van der Waals surface area contributed by atoms with Crippen LogP contribution in [0, 0.1) is 11.6 Å². The molecule has 2 aromatic rings. The van der Waals surface area contributed by atoms with Crippen LogP contribution in [0.25, 0.3) is 0 Å². The SMILES string of the molecule is C[C@H](NC(=O)c1ccc(F)c(F)c1)C(=O)N1CCC2(CC1)NCCc1[nH]cnc12. The van der Waals surface area contributed by atoms with E-state index in [4.69, 9.17) is 0 Å². The van der Waals surface area contributed by atoms with Crippen molar-refractivity contribution < 1.29 is 18.4 Å². The lowest BCUT2D eigenvalue weighted by atomic mass is 9.80. The van der Waals surface area contributed by atoms with Gasteiger partial charge in [-0.15, -0.1) is 0 Å². The highest BCUT2D eigenvalue weighted by Gasteiger charge is 2.42. The summed E-state index contributed by atoms with van der Waals surface area (Å²) in [5, 5.41) is 6.14. The Morgan fingerprint density at radius 1 is 1.24 bits per heavy atom. The van der Waals surface area contributed by atoms with Crippen LogP contribution in [0.2, 0.25) is 0 Å². The average molecular weight is 403 g/mol. The fourth-order valence-corrected chi connectivity index (χ4v) is 4.21. The zero-order valence-corrected chi connectivity index (χ0v) is 16.1. The minimum Gasteiger partial charge on any atom is -0.348 e. The van der Waals surface area contributed by atoms with Crippen molar-refractivity contribution in [1.29, 1.82) is 0 Å². The van der Waals surface area contributed by atoms with Crippen molar-refractivity contribution in [2.75, 3.05) is 19.6 Å². The maximum absolute atomic E-state index is 13.3. The summed E-state index contributed by atoms with van der Waals surface area (Å²) in [6.07, 6.45) is 4.10. The number of hydrogen-bond donors (Lipinski definition) is 3. The van der Waals surface area contributed by atoms with E-state index in [2.05, 4.69) is 20.6 Å². The summed E-state index contributed by atoms with van der Waals surface area (Å²) in [5.41, 5.74) is 1.94. The van der Waals surface area contributed by atoms with Crippen molar-refractivity contribution in [3.8, 4) is 0 Å². The molecule has 2 amide bonds. The van der Waals surface area contributed by atoms with Crippen molar-refractivity contribution in [2.45, 2.75) is 37.8 Å². The molecule has 7 nitrogen and oxygen atoms in total. The topological polar surface area (TPSA) is 90.1 Å². The molecule has 1 aromatic heterocycles. The lowest BCUT2D eigenvalue weighted by Gasteiger charge is -2.44. The van der Waals surface area contributed by atoms with E-state index >= 15 is 0 Å². The number of hydrogen-bond acceptors (Lipinski definition) is 4. The van der Waals surface area contributed by atoms with Gasteiger partial charge in [0.2, 0.25) is 5.91 Å². The Bertz CT molecular complexity index is 937. The molecule has 1 spiro atoms. The second-order valence-corrected chi connectivity index (χ2v) is 7.64. The molecule has 0 bridgehead atoms. The van der Waals surface area contributed by atoms with Crippen LogP contribution in [-0.4, -0.2) is 52.4 Å². The van der Waals surface area contributed by atoms with E-state index in [1.54, 1.807) is 18.2 Å². The number of likely N-dealkylation sites (tertiary alicyclic amines) is 1. The lowest BCUT2D eigenvalue weighted by molar-refractivity contribution is -0.134. The monoisotopic (exact) mass is 403 g/mol. The van der Waals surface area contributed by atoms with E-state index < -0.39 is 23.6 Å². The zero-order chi connectivity index (χ0) is 20.6. The predicted octanol–water partition coefficient (Wildman–Crippen LogP) is 1.47. The number of benzene rings is 1. The number of carbonyl (C=O) groups is 2. The number of rotatable bonds is 3. The van der Waals surface area contributed by atoms with Crippen LogP contribution in [0.3, 0.4) is 0 Å². The van der Waals surface area contributed by atoms with Gasteiger partial charge in [0.1, 0.15) is 6.04 Å². The van der Waals surface area contributed by atoms with Gasteiger partial charge in [-0.25, -0.2) is 13.8 Å². The quantitative estimate of drug-likeness (QED) is 0.724. The highest BCUT2D eigenvalue weighted by Crippen LogP contribution is 2.35. The number of piperidine rings is 1. The van der Waals surface area contributed by atoms with Gasteiger partial charge in [0.25, 0.3) is 5.91 Å². The van der Waals surface area contributed by atoms with Crippen molar-refractivity contribution in [1.82, 2.24) is 25.5 Å². The molecular formula is C20H23F2N5O2. The van der Waals surface area contributed by atoms with Gasteiger partial charge in [-0.2, -0.15) is 0 Å².